The van der Waals surface area contributed by atoms with E-state index in [9.17, 15) is 9.59 Å². The second kappa shape index (κ2) is 9.08. The number of fused-ring (bicyclic) bond motifs is 1. The zero-order chi connectivity index (χ0) is 22.7. The van der Waals surface area contributed by atoms with Gasteiger partial charge in [-0.15, -0.1) is 0 Å². The van der Waals surface area contributed by atoms with E-state index < -0.39 is 12.2 Å². The minimum atomic E-state index is -1.11. The highest BCUT2D eigenvalue weighted by Gasteiger charge is 2.38. The van der Waals surface area contributed by atoms with Crippen LogP contribution in [0.25, 0.3) is 0 Å². The number of aliphatic imine (C=N–C) groups is 1. The Morgan fingerprint density at radius 3 is 2.56 bits per heavy atom. The fourth-order valence-corrected chi connectivity index (χ4v) is 3.96. The van der Waals surface area contributed by atoms with Crippen LogP contribution in [-0.4, -0.2) is 41.8 Å². The first-order valence-corrected chi connectivity index (χ1v) is 10.4. The lowest BCUT2D eigenvalue weighted by molar-refractivity contribution is -0.132. The van der Waals surface area contributed by atoms with Gasteiger partial charge in [0.05, 0.1) is 23.4 Å². The van der Waals surface area contributed by atoms with Crippen LogP contribution >= 0.6 is 11.6 Å². The Balaban J connectivity index is 1.64. The van der Waals surface area contributed by atoms with Gasteiger partial charge in [0.1, 0.15) is 0 Å². The number of nitrogens with one attached hydrogen (secondary N) is 2. The van der Waals surface area contributed by atoms with Gasteiger partial charge in [0.25, 0.3) is 5.91 Å². The van der Waals surface area contributed by atoms with E-state index in [0.29, 0.717) is 22.0 Å². The van der Waals surface area contributed by atoms with Crippen molar-refractivity contribution in [3.05, 3.63) is 89.0 Å². The number of anilines is 1. The Hall–Kier alpha value is -3.89. The number of nitriles is 1. The molecule has 3 atom stereocenters. The largest absolute Gasteiger partial charge is 0.335 e. The summed E-state index contributed by atoms with van der Waals surface area (Å²) in [4.78, 5) is 32.1. The molecule has 0 spiro atoms. The molecule has 4 rings (SSSR count). The topological polar surface area (TPSA) is 97.6 Å². The fraction of sp³-hybridized carbons (Fsp3) is 0.167. The lowest BCUT2D eigenvalue weighted by Crippen LogP contribution is -2.49. The predicted octanol–water partition coefficient (Wildman–Crippen LogP) is 3.64. The second-order valence-corrected chi connectivity index (χ2v) is 7.88. The van der Waals surface area contributed by atoms with Crippen LogP contribution < -0.4 is 10.6 Å². The van der Waals surface area contributed by atoms with Crippen molar-refractivity contribution in [1.82, 2.24) is 10.2 Å². The molecule has 2 aromatic rings. The highest BCUT2D eigenvalue weighted by molar-refractivity contribution is 6.31. The van der Waals surface area contributed by atoms with Gasteiger partial charge in [-0.3, -0.25) is 9.79 Å². The number of amides is 3. The van der Waals surface area contributed by atoms with Gasteiger partial charge in [-0.05, 0) is 35.9 Å². The van der Waals surface area contributed by atoms with Crippen molar-refractivity contribution in [3.63, 3.8) is 0 Å². The normalized spacial score (nSPS) is 22.1. The van der Waals surface area contributed by atoms with Crippen molar-refractivity contribution in [1.29, 1.82) is 5.26 Å². The Morgan fingerprint density at radius 1 is 1.16 bits per heavy atom. The summed E-state index contributed by atoms with van der Waals surface area (Å²) >= 11 is 6.28. The van der Waals surface area contributed by atoms with Crippen molar-refractivity contribution in [2.45, 2.75) is 12.2 Å². The molecule has 3 amide bonds. The van der Waals surface area contributed by atoms with Crippen molar-refractivity contribution in [2.75, 3.05) is 12.4 Å². The summed E-state index contributed by atoms with van der Waals surface area (Å²) in [5.74, 6) is -0.589. The first-order valence-electron chi connectivity index (χ1n) is 9.99. The van der Waals surface area contributed by atoms with Gasteiger partial charge in [-0.2, -0.15) is 5.26 Å². The lowest BCUT2D eigenvalue weighted by atomic mass is 9.86. The van der Waals surface area contributed by atoms with E-state index in [1.165, 1.54) is 0 Å². The molecule has 8 heteroatoms. The number of nitrogens with zero attached hydrogens (tertiary/aromatic N) is 3. The van der Waals surface area contributed by atoms with Crippen LogP contribution in [0.3, 0.4) is 0 Å². The number of halogens is 1. The summed E-state index contributed by atoms with van der Waals surface area (Å²) in [5.41, 5.74) is 2.49. The SMILES string of the molecule is CN1C(=O)C(NC(=O)Nc2ccc(C#N)cc2)N=C(c2ccccc2)C2C=C(Cl)C=CC21. The standard InChI is InChI=1S/C24H20ClN5O2/c1-30-20-12-9-17(25)13-19(20)21(16-5-3-2-4-6-16)28-22(23(30)31)29-24(32)27-18-10-7-15(14-26)8-11-18/h2-13,19-20,22H,1H3,(H2,27,29,32). The highest BCUT2D eigenvalue weighted by atomic mass is 35.5. The molecule has 160 valence electrons. The number of hydrogen-bond acceptors (Lipinski definition) is 4. The van der Waals surface area contributed by atoms with Crippen molar-refractivity contribution in [3.8, 4) is 6.07 Å². The molecule has 1 aliphatic carbocycles. The van der Waals surface area contributed by atoms with Gasteiger partial charge in [0.2, 0.25) is 6.17 Å². The average Bonchev–Trinajstić information content (AvgIpc) is 2.90. The van der Waals surface area contributed by atoms with E-state index in [1.54, 1.807) is 42.3 Å². The molecule has 7 nitrogen and oxygen atoms in total. The highest BCUT2D eigenvalue weighted by Crippen LogP contribution is 2.30. The molecule has 32 heavy (non-hydrogen) atoms. The molecule has 3 unspecified atom stereocenters. The van der Waals surface area contributed by atoms with Gasteiger partial charge in [0.15, 0.2) is 0 Å². The molecule has 0 bridgehead atoms. The summed E-state index contributed by atoms with van der Waals surface area (Å²) in [7, 11) is 1.69. The molecule has 1 heterocycles. The third-order valence-corrected chi connectivity index (χ3v) is 5.63. The zero-order valence-electron chi connectivity index (χ0n) is 17.2. The van der Waals surface area contributed by atoms with Gasteiger partial charge >= 0.3 is 6.03 Å². The van der Waals surface area contributed by atoms with E-state index in [4.69, 9.17) is 16.9 Å². The number of likely N-dealkylation sites (N-methyl/N-ethyl adjacent to an activating group) is 1. The van der Waals surface area contributed by atoms with Gasteiger partial charge in [-0.25, -0.2) is 4.79 Å². The van der Waals surface area contributed by atoms with Crippen molar-refractivity contribution < 1.29 is 9.59 Å². The molecular weight excluding hydrogens is 426 g/mol. The van der Waals surface area contributed by atoms with E-state index in [-0.39, 0.29) is 17.9 Å². The molecule has 2 N–H and O–H groups in total. The monoisotopic (exact) mass is 445 g/mol. The average molecular weight is 446 g/mol. The first kappa shape index (κ1) is 21.3. The maximum atomic E-state index is 13.2. The first-order chi connectivity index (χ1) is 15.5. The van der Waals surface area contributed by atoms with Crippen LogP contribution in [0.4, 0.5) is 10.5 Å². The van der Waals surface area contributed by atoms with Crippen LogP contribution in [-0.2, 0) is 4.79 Å². The van der Waals surface area contributed by atoms with Gasteiger partial charge in [-0.1, -0.05) is 54.1 Å². The number of carbonyl (C=O) groups excluding carboxylic acids is 2. The summed E-state index contributed by atoms with van der Waals surface area (Å²) in [6.07, 6.45) is 4.41. The Morgan fingerprint density at radius 2 is 1.88 bits per heavy atom. The van der Waals surface area contributed by atoms with Gasteiger partial charge < -0.3 is 15.5 Å². The summed E-state index contributed by atoms with van der Waals surface area (Å²) in [6, 6.07) is 17.1. The maximum absolute atomic E-state index is 13.2. The molecule has 1 aliphatic heterocycles. The molecule has 2 aliphatic rings. The Kier molecular flexibility index (Phi) is 6.06. The van der Waals surface area contributed by atoms with Crippen molar-refractivity contribution >= 4 is 34.9 Å². The molecule has 2 aromatic carbocycles. The smallest absolute Gasteiger partial charge is 0.321 e. The quantitative estimate of drug-likeness (QED) is 0.754. The van der Waals surface area contributed by atoms with Crippen molar-refractivity contribution in [2.24, 2.45) is 10.9 Å². The van der Waals surface area contributed by atoms with E-state index >= 15 is 0 Å². The molecule has 0 aromatic heterocycles. The minimum Gasteiger partial charge on any atom is -0.335 e. The third kappa shape index (κ3) is 4.41. The van der Waals surface area contributed by atoms with E-state index in [2.05, 4.69) is 15.6 Å². The van der Waals surface area contributed by atoms with Crippen LogP contribution in [0.1, 0.15) is 11.1 Å². The zero-order valence-corrected chi connectivity index (χ0v) is 18.0. The van der Waals surface area contributed by atoms with Crippen LogP contribution in [0.15, 0.2) is 82.9 Å². The Labute approximate surface area is 190 Å². The number of allylic oxidation sites excluding steroid dienone is 2. The lowest BCUT2D eigenvalue weighted by Gasteiger charge is -2.31. The molecular formula is C24H20ClN5O2. The fourth-order valence-electron chi connectivity index (χ4n) is 3.76. The number of urea groups is 1. The molecule has 0 radical (unpaired) electrons. The minimum absolute atomic E-state index is 0.253. The predicted molar refractivity (Wildman–Crippen MR) is 123 cm³/mol. The number of hydrogen-bond donors (Lipinski definition) is 2. The molecule has 0 saturated carbocycles. The second-order valence-electron chi connectivity index (χ2n) is 7.45. The van der Waals surface area contributed by atoms with Crippen LogP contribution in [0.2, 0.25) is 0 Å². The summed E-state index contributed by atoms with van der Waals surface area (Å²) in [5, 5.41) is 14.8. The maximum Gasteiger partial charge on any atom is 0.321 e. The Bertz CT molecular complexity index is 1170. The number of carbonyl (C=O) groups is 2. The third-order valence-electron chi connectivity index (χ3n) is 5.38. The summed E-state index contributed by atoms with van der Waals surface area (Å²) in [6.45, 7) is 0. The van der Waals surface area contributed by atoms with E-state index in [1.807, 2.05) is 48.6 Å². The number of benzene rings is 2. The van der Waals surface area contributed by atoms with E-state index in [0.717, 1.165) is 5.56 Å². The van der Waals surface area contributed by atoms with Gasteiger partial charge in [0, 0.05) is 23.7 Å². The summed E-state index contributed by atoms with van der Waals surface area (Å²) < 4.78 is 0. The number of rotatable bonds is 3. The van der Waals surface area contributed by atoms with Crippen LogP contribution in [0, 0.1) is 17.2 Å². The van der Waals surface area contributed by atoms with Crippen LogP contribution in [0.5, 0.6) is 0 Å². The molecule has 0 saturated heterocycles. The molecule has 0 fully saturated rings.